The van der Waals surface area contributed by atoms with E-state index in [4.69, 9.17) is 0 Å². The number of aromatic nitrogens is 3. The number of anilines is 1. The van der Waals surface area contributed by atoms with Crippen LogP contribution in [-0.4, -0.2) is 20.9 Å². The number of hydrogen-bond donors (Lipinski definition) is 2. The summed E-state index contributed by atoms with van der Waals surface area (Å²) in [7, 11) is 0. The molecule has 6 nitrogen and oxygen atoms in total. The maximum atomic E-state index is 12.4. The van der Waals surface area contributed by atoms with Crippen LogP contribution in [0.2, 0.25) is 0 Å². The van der Waals surface area contributed by atoms with Crippen molar-refractivity contribution in [1.82, 2.24) is 20.3 Å². The zero-order valence-electron chi connectivity index (χ0n) is 13.9. The van der Waals surface area contributed by atoms with Crippen molar-refractivity contribution in [3.63, 3.8) is 0 Å². The molecule has 2 heterocycles. The number of carbonyl (C=O) groups is 1. The summed E-state index contributed by atoms with van der Waals surface area (Å²) in [6.45, 7) is 2.79. The summed E-state index contributed by atoms with van der Waals surface area (Å²) in [6, 6.07) is 17.1. The molecule has 0 aliphatic carbocycles. The van der Waals surface area contributed by atoms with Crippen LogP contribution in [0, 0.1) is 6.92 Å². The zero-order chi connectivity index (χ0) is 17.5. The van der Waals surface area contributed by atoms with E-state index in [1.54, 1.807) is 12.3 Å². The Morgan fingerprint density at radius 2 is 1.80 bits per heavy atom. The molecule has 25 heavy (non-hydrogen) atoms. The smallest absolute Gasteiger partial charge is 0.270 e. The quantitative estimate of drug-likeness (QED) is 0.725. The Morgan fingerprint density at radius 3 is 2.56 bits per heavy atom. The van der Waals surface area contributed by atoms with Crippen LogP contribution < -0.4 is 10.6 Å². The topological polar surface area (TPSA) is 79.8 Å². The van der Waals surface area contributed by atoms with Crippen molar-refractivity contribution >= 4 is 11.9 Å². The van der Waals surface area contributed by atoms with Crippen LogP contribution in [0.1, 0.15) is 27.4 Å². The summed E-state index contributed by atoms with van der Waals surface area (Å²) in [5, 5.41) is 5.98. The number of nitrogens with one attached hydrogen (secondary N) is 2. The Bertz CT molecular complexity index is 837. The van der Waals surface area contributed by atoms with Crippen LogP contribution in [0.15, 0.2) is 60.8 Å². The standard InChI is InChI=1S/C19H19N5O/c1-14-11-17(18(25)21-12-15-7-3-2-4-8-15)24-19(23-14)22-13-16-9-5-6-10-20-16/h2-11H,12-13H2,1H3,(H,21,25)(H,22,23,24). The largest absolute Gasteiger partial charge is 0.349 e. The van der Waals surface area contributed by atoms with E-state index < -0.39 is 0 Å². The summed E-state index contributed by atoms with van der Waals surface area (Å²) < 4.78 is 0. The molecular formula is C19H19N5O. The molecule has 0 aliphatic heterocycles. The van der Waals surface area contributed by atoms with E-state index in [1.807, 2.05) is 55.5 Å². The van der Waals surface area contributed by atoms with E-state index in [0.717, 1.165) is 17.0 Å². The fraction of sp³-hybridized carbons (Fsp3) is 0.158. The predicted octanol–water partition coefficient (Wildman–Crippen LogP) is 2.72. The van der Waals surface area contributed by atoms with Gasteiger partial charge in [0.05, 0.1) is 12.2 Å². The third kappa shape index (κ3) is 4.84. The molecule has 1 amide bonds. The molecule has 0 atom stereocenters. The first-order valence-corrected chi connectivity index (χ1v) is 8.02. The van der Waals surface area contributed by atoms with Crippen LogP contribution in [-0.2, 0) is 13.1 Å². The minimum Gasteiger partial charge on any atom is -0.349 e. The van der Waals surface area contributed by atoms with Gasteiger partial charge in [0.25, 0.3) is 5.91 Å². The van der Waals surface area contributed by atoms with Crippen molar-refractivity contribution in [2.24, 2.45) is 0 Å². The van der Waals surface area contributed by atoms with Gasteiger partial charge in [-0.2, -0.15) is 0 Å². The molecule has 0 bridgehead atoms. The third-order valence-electron chi connectivity index (χ3n) is 3.54. The van der Waals surface area contributed by atoms with Crippen molar-refractivity contribution in [2.75, 3.05) is 5.32 Å². The van der Waals surface area contributed by atoms with Gasteiger partial charge in [-0.3, -0.25) is 9.78 Å². The molecule has 3 rings (SSSR count). The Balaban J connectivity index is 1.65. The lowest BCUT2D eigenvalue weighted by atomic mass is 10.2. The Kier molecular flexibility index (Phi) is 5.31. The van der Waals surface area contributed by atoms with Crippen molar-refractivity contribution in [1.29, 1.82) is 0 Å². The van der Waals surface area contributed by atoms with Crippen LogP contribution in [0.5, 0.6) is 0 Å². The number of aryl methyl sites for hydroxylation is 1. The van der Waals surface area contributed by atoms with E-state index in [1.165, 1.54) is 0 Å². The monoisotopic (exact) mass is 333 g/mol. The summed E-state index contributed by atoms with van der Waals surface area (Å²) in [6.07, 6.45) is 1.73. The lowest BCUT2D eigenvalue weighted by molar-refractivity contribution is 0.0945. The Labute approximate surface area is 146 Å². The molecule has 1 aromatic carbocycles. The van der Waals surface area contributed by atoms with E-state index in [2.05, 4.69) is 25.6 Å². The van der Waals surface area contributed by atoms with Crippen molar-refractivity contribution in [2.45, 2.75) is 20.0 Å². The Morgan fingerprint density at radius 1 is 1.00 bits per heavy atom. The van der Waals surface area contributed by atoms with Gasteiger partial charge in [-0.1, -0.05) is 36.4 Å². The molecular weight excluding hydrogens is 314 g/mol. The van der Waals surface area contributed by atoms with E-state index in [9.17, 15) is 4.79 Å². The molecule has 0 unspecified atom stereocenters. The fourth-order valence-corrected chi connectivity index (χ4v) is 2.30. The van der Waals surface area contributed by atoms with Crippen molar-refractivity contribution in [3.05, 3.63) is 83.4 Å². The second kappa shape index (κ2) is 8.01. The molecule has 0 radical (unpaired) electrons. The van der Waals surface area contributed by atoms with Gasteiger partial charge >= 0.3 is 0 Å². The predicted molar refractivity (Wildman–Crippen MR) is 95.9 cm³/mol. The number of benzene rings is 1. The first-order chi connectivity index (χ1) is 12.2. The number of amides is 1. The summed E-state index contributed by atoms with van der Waals surface area (Å²) in [4.78, 5) is 25.2. The van der Waals surface area contributed by atoms with Crippen molar-refractivity contribution in [3.8, 4) is 0 Å². The van der Waals surface area contributed by atoms with Gasteiger partial charge in [0.2, 0.25) is 5.95 Å². The fourth-order valence-electron chi connectivity index (χ4n) is 2.30. The summed E-state index contributed by atoms with van der Waals surface area (Å²) >= 11 is 0. The van der Waals surface area contributed by atoms with Gasteiger partial charge in [-0.05, 0) is 30.7 Å². The highest BCUT2D eigenvalue weighted by Gasteiger charge is 2.10. The average Bonchev–Trinajstić information content (AvgIpc) is 2.66. The molecule has 0 aliphatic rings. The lowest BCUT2D eigenvalue weighted by Crippen LogP contribution is -2.24. The molecule has 0 fully saturated rings. The molecule has 0 saturated heterocycles. The second-order valence-corrected chi connectivity index (χ2v) is 5.56. The molecule has 0 saturated carbocycles. The van der Waals surface area contributed by atoms with Gasteiger partial charge in [0.1, 0.15) is 5.69 Å². The van der Waals surface area contributed by atoms with Gasteiger partial charge in [0.15, 0.2) is 0 Å². The normalized spacial score (nSPS) is 10.3. The molecule has 3 aromatic rings. The third-order valence-corrected chi connectivity index (χ3v) is 3.54. The molecule has 2 aromatic heterocycles. The van der Waals surface area contributed by atoms with Gasteiger partial charge < -0.3 is 10.6 Å². The highest BCUT2D eigenvalue weighted by Crippen LogP contribution is 2.07. The molecule has 0 spiro atoms. The number of carbonyl (C=O) groups excluding carboxylic acids is 1. The summed E-state index contributed by atoms with van der Waals surface area (Å²) in [5.74, 6) is 0.186. The van der Waals surface area contributed by atoms with Gasteiger partial charge in [-0.25, -0.2) is 9.97 Å². The average molecular weight is 333 g/mol. The van der Waals surface area contributed by atoms with E-state index in [0.29, 0.717) is 24.7 Å². The zero-order valence-corrected chi connectivity index (χ0v) is 13.9. The van der Waals surface area contributed by atoms with Gasteiger partial charge in [-0.15, -0.1) is 0 Å². The van der Waals surface area contributed by atoms with E-state index in [-0.39, 0.29) is 5.91 Å². The van der Waals surface area contributed by atoms with Crippen molar-refractivity contribution < 1.29 is 4.79 Å². The summed E-state index contributed by atoms with van der Waals surface area (Å²) in [5.41, 5.74) is 2.98. The lowest BCUT2D eigenvalue weighted by Gasteiger charge is -2.09. The van der Waals surface area contributed by atoms with Crippen LogP contribution in [0.4, 0.5) is 5.95 Å². The first kappa shape index (κ1) is 16.6. The molecule has 2 N–H and O–H groups in total. The van der Waals surface area contributed by atoms with Gasteiger partial charge in [0, 0.05) is 18.4 Å². The van der Waals surface area contributed by atoms with Crippen LogP contribution in [0.25, 0.3) is 0 Å². The number of hydrogen-bond acceptors (Lipinski definition) is 5. The number of pyridine rings is 1. The maximum Gasteiger partial charge on any atom is 0.270 e. The maximum absolute atomic E-state index is 12.4. The second-order valence-electron chi connectivity index (χ2n) is 5.56. The Hall–Kier alpha value is -3.28. The highest BCUT2D eigenvalue weighted by atomic mass is 16.1. The van der Waals surface area contributed by atoms with Crippen LogP contribution in [0.3, 0.4) is 0 Å². The van der Waals surface area contributed by atoms with E-state index >= 15 is 0 Å². The molecule has 6 heteroatoms. The molecule has 126 valence electrons. The number of rotatable bonds is 6. The minimum absolute atomic E-state index is 0.227. The van der Waals surface area contributed by atoms with Crippen LogP contribution >= 0.6 is 0 Å². The SMILES string of the molecule is Cc1cc(C(=O)NCc2ccccc2)nc(NCc2ccccn2)n1. The minimum atomic E-state index is -0.227. The number of nitrogens with zero attached hydrogens (tertiary/aromatic N) is 3. The first-order valence-electron chi connectivity index (χ1n) is 8.02. The highest BCUT2D eigenvalue weighted by molar-refractivity contribution is 5.92.